The normalized spacial score (nSPS) is 10.5. The molecule has 1 heterocycles. The number of aromatic nitrogens is 1. The average Bonchev–Trinajstić information content (AvgIpc) is 3.08. The lowest BCUT2D eigenvalue weighted by Crippen LogP contribution is -2.31. The first-order valence-corrected chi connectivity index (χ1v) is 8.24. The highest BCUT2D eigenvalue weighted by Gasteiger charge is 2.08. The number of aryl methyl sites for hydroxylation is 2. The Morgan fingerprint density at radius 2 is 1.76 bits per heavy atom. The number of carbonyl (C=O) groups excluding carboxylic acids is 1. The first kappa shape index (κ1) is 16.8. The van der Waals surface area contributed by atoms with Gasteiger partial charge in [0.15, 0.2) is 0 Å². The molecule has 0 radical (unpaired) electrons. The van der Waals surface area contributed by atoms with Gasteiger partial charge in [-0.1, -0.05) is 36.4 Å². The Bertz CT molecular complexity index is 836. The SMILES string of the molecule is Cc1cccc(C)c1NC(=O)NCCc1coc(-c2ccccc2)n1. The molecule has 5 heteroatoms. The molecule has 3 aromatic rings. The molecule has 0 aliphatic rings. The summed E-state index contributed by atoms with van der Waals surface area (Å²) < 4.78 is 5.50. The zero-order valence-electron chi connectivity index (χ0n) is 14.4. The second kappa shape index (κ2) is 7.66. The van der Waals surface area contributed by atoms with E-state index in [1.165, 1.54) is 0 Å². The van der Waals surface area contributed by atoms with Crippen LogP contribution in [0.5, 0.6) is 0 Å². The lowest BCUT2D eigenvalue weighted by molar-refractivity contribution is 0.252. The average molecular weight is 335 g/mol. The van der Waals surface area contributed by atoms with Gasteiger partial charge in [0.25, 0.3) is 0 Å². The molecule has 2 amide bonds. The van der Waals surface area contributed by atoms with Crippen LogP contribution in [0.25, 0.3) is 11.5 Å². The Balaban J connectivity index is 1.51. The zero-order chi connectivity index (χ0) is 17.6. The van der Waals surface area contributed by atoms with E-state index in [0.29, 0.717) is 18.9 Å². The molecular weight excluding hydrogens is 314 g/mol. The molecular formula is C20H21N3O2. The second-order valence-electron chi connectivity index (χ2n) is 5.91. The number of hydrogen-bond donors (Lipinski definition) is 2. The minimum Gasteiger partial charge on any atom is -0.444 e. The summed E-state index contributed by atoms with van der Waals surface area (Å²) in [5, 5.41) is 5.75. The minimum absolute atomic E-state index is 0.218. The van der Waals surface area contributed by atoms with Crippen molar-refractivity contribution in [2.45, 2.75) is 20.3 Å². The maximum absolute atomic E-state index is 12.1. The number of anilines is 1. The van der Waals surface area contributed by atoms with Gasteiger partial charge < -0.3 is 15.1 Å². The summed E-state index contributed by atoms with van der Waals surface area (Å²) in [6.07, 6.45) is 2.24. The van der Waals surface area contributed by atoms with Gasteiger partial charge >= 0.3 is 6.03 Å². The zero-order valence-corrected chi connectivity index (χ0v) is 14.4. The van der Waals surface area contributed by atoms with Crippen molar-refractivity contribution in [1.29, 1.82) is 0 Å². The maximum Gasteiger partial charge on any atom is 0.319 e. The summed E-state index contributed by atoms with van der Waals surface area (Å²) in [7, 11) is 0. The number of nitrogens with zero attached hydrogens (tertiary/aromatic N) is 1. The number of carbonyl (C=O) groups is 1. The van der Waals surface area contributed by atoms with Crippen molar-refractivity contribution in [3.8, 4) is 11.5 Å². The van der Waals surface area contributed by atoms with Gasteiger partial charge in [0.2, 0.25) is 5.89 Å². The van der Waals surface area contributed by atoms with E-state index in [9.17, 15) is 4.79 Å². The molecule has 0 unspecified atom stereocenters. The van der Waals surface area contributed by atoms with E-state index < -0.39 is 0 Å². The third kappa shape index (κ3) is 4.26. The molecule has 0 fully saturated rings. The molecule has 0 bridgehead atoms. The molecule has 3 rings (SSSR count). The van der Waals surface area contributed by atoms with Crippen LogP contribution in [-0.4, -0.2) is 17.6 Å². The van der Waals surface area contributed by atoms with Gasteiger partial charge in [-0.15, -0.1) is 0 Å². The van der Waals surface area contributed by atoms with Crippen LogP contribution in [0.3, 0.4) is 0 Å². The smallest absolute Gasteiger partial charge is 0.319 e. The number of oxazole rings is 1. The number of benzene rings is 2. The predicted octanol–water partition coefficient (Wildman–Crippen LogP) is 4.32. The highest BCUT2D eigenvalue weighted by molar-refractivity contribution is 5.90. The van der Waals surface area contributed by atoms with Crippen molar-refractivity contribution in [3.05, 3.63) is 71.6 Å². The van der Waals surface area contributed by atoms with Crippen LogP contribution in [0.2, 0.25) is 0 Å². The lowest BCUT2D eigenvalue weighted by atomic mass is 10.1. The van der Waals surface area contributed by atoms with E-state index in [-0.39, 0.29) is 6.03 Å². The second-order valence-corrected chi connectivity index (χ2v) is 5.91. The molecule has 1 aromatic heterocycles. The monoisotopic (exact) mass is 335 g/mol. The molecule has 5 nitrogen and oxygen atoms in total. The molecule has 0 saturated heterocycles. The number of para-hydroxylation sites is 1. The van der Waals surface area contributed by atoms with Crippen molar-refractivity contribution < 1.29 is 9.21 Å². The fourth-order valence-corrected chi connectivity index (χ4v) is 2.61. The molecule has 0 aliphatic heterocycles. The minimum atomic E-state index is -0.218. The first-order valence-electron chi connectivity index (χ1n) is 8.24. The summed E-state index contributed by atoms with van der Waals surface area (Å²) in [6.45, 7) is 4.43. The van der Waals surface area contributed by atoms with E-state index in [2.05, 4.69) is 15.6 Å². The summed E-state index contributed by atoms with van der Waals surface area (Å²) in [5.74, 6) is 0.593. The Hall–Kier alpha value is -3.08. The first-order chi connectivity index (χ1) is 12.1. The van der Waals surface area contributed by atoms with Crippen LogP contribution in [0.15, 0.2) is 59.2 Å². The Morgan fingerprint density at radius 3 is 2.48 bits per heavy atom. The fourth-order valence-electron chi connectivity index (χ4n) is 2.61. The quantitative estimate of drug-likeness (QED) is 0.729. The van der Waals surface area contributed by atoms with E-state index in [1.54, 1.807) is 6.26 Å². The lowest BCUT2D eigenvalue weighted by Gasteiger charge is -2.12. The molecule has 2 N–H and O–H groups in total. The van der Waals surface area contributed by atoms with Crippen LogP contribution in [0.1, 0.15) is 16.8 Å². The number of urea groups is 1. The number of rotatable bonds is 5. The van der Waals surface area contributed by atoms with Crippen LogP contribution in [-0.2, 0) is 6.42 Å². The van der Waals surface area contributed by atoms with E-state index in [1.807, 2.05) is 62.4 Å². The summed E-state index contributed by atoms with van der Waals surface area (Å²) in [6, 6.07) is 15.4. The van der Waals surface area contributed by atoms with Gasteiger partial charge in [0.05, 0.1) is 5.69 Å². The standard InChI is InChI=1S/C20H21N3O2/c1-14-7-6-8-15(2)18(14)23-20(24)21-12-11-17-13-25-19(22-17)16-9-4-3-5-10-16/h3-10,13H,11-12H2,1-2H3,(H2,21,23,24). The van der Waals surface area contributed by atoms with Crippen molar-refractivity contribution in [2.75, 3.05) is 11.9 Å². The van der Waals surface area contributed by atoms with Gasteiger partial charge in [0.1, 0.15) is 6.26 Å². The highest BCUT2D eigenvalue weighted by Crippen LogP contribution is 2.19. The summed E-state index contributed by atoms with van der Waals surface area (Å²) >= 11 is 0. The number of nitrogens with one attached hydrogen (secondary N) is 2. The molecule has 0 spiro atoms. The van der Waals surface area contributed by atoms with Gasteiger partial charge in [-0.2, -0.15) is 0 Å². The predicted molar refractivity (Wildman–Crippen MR) is 98.6 cm³/mol. The maximum atomic E-state index is 12.1. The molecule has 2 aromatic carbocycles. The van der Waals surface area contributed by atoms with Crippen molar-refractivity contribution >= 4 is 11.7 Å². The summed E-state index contributed by atoms with van der Waals surface area (Å²) in [5.41, 5.74) is 4.69. The fraction of sp³-hybridized carbons (Fsp3) is 0.200. The van der Waals surface area contributed by atoms with Gasteiger partial charge in [-0.25, -0.2) is 9.78 Å². The van der Waals surface area contributed by atoms with Crippen LogP contribution in [0.4, 0.5) is 10.5 Å². The largest absolute Gasteiger partial charge is 0.444 e. The highest BCUT2D eigenvalue weighted by atomic mass is 16.3. The Kier molecular flexibility index (Phi) is 5.14. The number of hydrogen-bond acceptors (Lipinski definition) is 3. The van der Waals surface area contributed by atoms with Gasteiger partial charge in [-0.05, 0) is 37.1 Å². The van der Waals surface area contributed by atoms with Crippen molar-refractivity contribution in [2.24, 2.45) is 0 Å². The van der Waals surface area contributed by atoms with Gasteiger partial charge in [-0.3, -0.25) is 0 Å². The van der Waals surface area contributed by atoms with E-state index in [0.717, 1.165) is 28.1 Å². The molecule has 0 saturated carbocycles. The molecule has 0 aliphatic carbocycles. The molecule has 25 heavy (non-hydrogen) atoms. The van der Waals surface area contributed by atoms with E-state index in [4.69, 9.17) is 4.42 Å². The Morgan fingerprint density at radius 1 is 1.04 bits per heavy atom. The Labute approximate surface area is 147 Å². The molecule has 0 atom stereocenters. The topological polar surface area (TPSA) is 67.2 Å². The van der Waals surface area contributed by atoms with Crippen LogP contribution >= 0.6 is 0 Å². The summed E-state index contributed by atoms with van der Waals surface area (Å²) in [4.78, 5) is 16.5. The van der Waals surface area contributed by atoms with Gasteiger partial charge in [0, 0.05) is 24.2 Å². The molecule has 128 valence electrons. The third-order valence-electron chi connectivity index (χ3n) is 3.96. The number of amides is 2. The third-order valence-corrected chi connectivity index (χ3v) is 3.96. The van der Waals surface area contributed by atoms with Crippen molar-refractivity contribution in [3.63, 3.8) is 0 Å². The van der Waals surface area contributed by atoms with Crippen LogP contribution < -0.4 is 10.6 Å². The van der Waals surface area contributed by atoms with E-state index >= 15 is 0 Å². The van der Waals surface area contributed by atoms with Crippen molar-refractivity contribution in [1.82, 2.24) is 10.3 Å². The van der Waals surface area contributed by atoms with Crippen LogP contribution in [0, 0.1) is 13.8 Å².